The van der Waals surface area contributed by atoms with E-state index in [0.29, 0.717) is 35.8 Å². The molecule has 1 unspecified atom stereocenters. The largest absolute Gasteiger partial charge is 0.364 e. The van der Waals surface area contributed by atoms with Crippen molar-refractivity contribution in [3.05, 3.63) is 36.7 Å². The van der Waals surface area contributed by atoms with Crippen LogP contribution in [0.15, 0.2) is 30.9 Å². The number of carbonyl (C=O) groups is 2. The van der Waals surface area contributed by atoms with E-state index in [1.807, 2.05) is 11.8 Å². The lowest BCUT2D eigenvalue weighted by atomic mass is 10.2. The van der Waals surface area contributed by atoms with Crippen LogP contribution >= 0.6 is 0 Å². The van der Waals surface area contributed by atoms with Crippen molar-refractivity contribution in [1.82, 2.24) is 29.4 Å². The van der Waals surface area contributed by atoms with E-state index in [1.54, 1.807) is 29.1 Å². The molecule has 1 aliphatic heterocycles. The summed E-state index contributed by atoms with van der Waals surface area (Å²) in [7, 11) is 0. The average Bonchev–Trinajstić information content (AvgIpc) is 3.41. The van der Waals surface area contributed by atoms with Crippen molar-refractivity contribution in [2.45, 2.75) is 38.8 Å². The summed E-state index contributed by atoms with van der Waals surface area (Å²) < 4.78 is 1.77. The van der Waals surface area contributed by atoms with Crippen LogP contribution in [0, 0.1) is 5.92 Å². The molecule has 3 aromatic heterocycles. The van der Waals surface area contributed by atoms with E-state index in [1.165, 1.54) is 6.33 Å². The highest BCUT2D eigenvalue weighted by atomic mass is 16.2. The molecule has 10 heteroatoms. The number of hydrogen-bond acceptors (Lipinski definition) is 7. The fraction of sp³-hybridized carbons (Fsp3) is 0.429. The second-order valence-electron chi connectivity index (χ2n) is 7.96. The van der Waals surface area contributed by atoms with Gasteiger partial charge in [0.15, 0.2) is 17.0 Å². The van der Waals surface area contributed by atoms with E-state index in [-0.39, 0.29) is 29.6 Å². The van der Waals surface area contributed by atoms with E-state index in [9.17, 15) is 9.59 Å². The van der Waals surface area contributed by atoms with Gasteiger partial charge in [-0.1, -0.05) is 0 Å². The van der Waals surface area contributed by atoms with Crippen LogP contribution in [-0.2, 0) is 11.3 Å². The number of pyridine rings is 1. The number of likely N-dealkylation sites (tertiary alicyclic amines) is 1. The van der Waals surface area contributed by atoms with Gasteiger partial charge in [-0.15, -0.1) is 0 Å². The Labute approximate surface area is 179 Å². The maximum Gasteiger partial charge on any atom is 0.291 e. The lowest BCUT2D eigenvalue weighted by molar-refractivity contribution is -0.131. The molecular formula is C21H24N8O2. The van der Waals surface area contributed by atoms with E-state index in [0.717, 1.165) is 25.8 Å². The maximum atomic E-state index is 12.9. The fourth-order valence-corrected chi connectivity index (χ4v) is 4.00. The molecule has 0 bridgehead atoms. The highest BCUT2D eigenvalue weighted by molar-refractivity contribution is 6.04. The molecule has 3 aromatic rings. The number of carbonyl (C=O) groups excluding carboxylic acids is 2. The fourth-order valence-electron chi connectivity index (χ4n) is 4.00. The third-order valence-corrected chi connectivity index (χ3v) is 5.74. The number of amides is 2. The third-order valence-electron chi connectivity index (χ3n) is 5.74. The number of rotatable bonds is 6. The molecule has 2 fully saturated rings. The predicted octanol–water partition coefficient (Wildman–Crippen LogP) is 1.92. The standard InChI is InChI=1S/C21H24N8O2/c1-2-29-18-16(27-19(29)20(30)26-14-4-3-8-22-10-14)17(23-12-24-18)25-15-7-9-28(11-15)21(31)13-5-6-13/h3-4,8,10,12-13,15H,2,5-7,9,11H2,1H3,(H,26,30)(H,23,24,25). The zero-order chi connectivity index (χ0) is 21.4. The summed E-state index contributed by atoms with van der Waals surface area (Å²) >= 11 is 0. The number of imidazole rings is 1. The molecule has 0 radical (unpaired) electrons. The van der Waals surface area contributed by atoms with Crippen molar-refractivity contribution >= 4 is 34.5 Å². The summed E-state index contributed by atoms with van der Waals surface area (Å²) in [4.78, 5) is 44.5. The first-order valence-electron chi connectivity index (χ1n) is 10.6. The maximum absolute atomic E-state index is 12.9. The van der Waals surface area contributed by atoms with Gasteiger partial charge in [0, 0.05) is 37.8 Å². The Balaban J connectivity index is 1.38. The van der Waals surface area contributed by atoms with Gasteiger partial charge in [0.05, 0.1) is 11.9 Å². The molecule has 5 rings (SSSR count). The van der Waals surface area contributed by atoms with Gasteiger partial charge < -0.3 is 20.1 Å². The summed E-state index contributed by atoms with van der Waals surface area (Å²) in [5, 5.41) is 6.24. The van der Waals surface area contributed by atoms with Crippen LogP contribution in [0.25, 0.3) is 11.2 Å². The highest BCUT2D eigenvalue weighted by Crippen LogP contribution is 2.32. The van der Waals surface area contributed by atoms with Crippen molar-refractivity contribution in [2.24, 2.45) is 5.92 Å². The van der Waals surface area contributed by atoms with E-state index in [2.05, 4.69) is 30.6 Å². The zero-order valence-electron chi connectivity index (χ0n) is 17.3. The summed E-state index contributed by atoms with van der Waals surface area (Å²) in [5.74, 6) is 1.01. The molecule has 10 nitrogen and oxygen atoms in total. The molecule has 2 aliphatic rings. The monoisotopic (exact) mass is 420 g/mol. The molecule has 160 valence electrons. The Morgan fingerprint density at radius 2 is 2.10 bits per heavy atom. The van der Waals surface area contributed by atoms with Crippen molar-refractivity contribution < 1.29 is 9.59 Å². The van der Waals surface area contributed by atoms with Gasteiger partial charge in [0.25, 0.3) is 5.91 Å². The van der Waals surface area contributed by atoms with Crippen molar-refractivity contribution in [2.75, 3.05) is 23.7 Å². The number of aromatic nitrogens is 5. The Bertz CT molecular complexity index is 1130. The first-order chi connectivity index (χ1) is 15.1. The van der Waals surface area contributed by atoms with Gasteiger partial charge >= 0.3 is 0 Å². The molecule has 0 spiro atoms. The van der Waals surface area contributed by atoms with Crippen molar-refractivity contribution in [3.63, 3.8) is 0 Å². The van der Waals surface area contributed by atoms with Gasteiger partial charge in [-0.3, -0.25) is 14.6 Å². The number of aryl methyl sites for hydroxylation is 1. The summed E-state index contributed by atoms with van der Waals surface area (Å²) in [6.07, 6.45) is 7.58. The molecule has 31 heavy (non-hydrogen) atoms. The van der Waals surface area contributed by atoms with Crippen molar-refractivity contribution in [1.29, 1.82) is 0 Å². The topological polar surface area (TPSA) is 118 Å². The molecule has 2 amide bonds. The highest BCUT2D eigenvalue weighted by Gasteiger charge is 2.36. The first-order valence-corrected chi connectivity index (χ1v) is 10.6. The molecule has 4 heterocycles. The number of anilines is 2. The average molecular weight is 420 g/mol. The van der Waals surface area contributed by atoms with Crippen LogP contribution in [0.3, 0.4) is 0 Å². The summed E-state index contributed by atoms with van der Waals surface area (Å²) in [6.45, 7) is 3.89. The van der Waals surface area contributed by atoms with Gasteiger partial charge in [0.2, 0.25) is 11.7 Å². The minimum absolute atomic E-state index is 0.0975. The smallest absolute Gasteiger partial charge is 0.291 e. The Morgan fingerprint density at radius 1 is 1.23 bits per heavy atom. The minimum Gasteiger partial charge on any atom is -0.364 e. The van der Waals surface area contributed by atoms with Gasteiger partial charge in [-0.05, 0) is 38.3 Å². The van der Waals surface area contributed by atoms with E-state index in [4.69, 9.17) is 0 Å². The number of nitrogens with one attached hydrogen (secondary N) is 2. The third kappa shape index (κ3) is 3.80. The van der Waals surface area contributed by atoms with Crippen molar-refractivity contribution in [3.8, 4) is 0 Å². The van der Waals surface area contributed by atoms with Crippen LogP contribution < -0.4 is 10.6 Å². The van der Waals surface area contributed by atoms with Crippen LogP contribution in [0.1, 0.15) is 36.8 Å². The molecule has 2 N–H and O–H groups in total. The molecule has 1 saturated carbocycles. The molecular weight excluding hydrogens is 396 g/mol. The number of fused-ring (bicyclic) bond motifs is 1. The Kier molecular flexibility index (Phi) is 4.97. The van der Waals surface area contributed by atoms with E-state index < -0.39 is 0 Å². The first kappa shape index (κ1) is 19.4. The number of nitrogens with zero attached hydrogens (tertiary/aromatic N) is 6. The quantitative estimate of drug-likeness (QED) is 0.625. The zero-order valence-corrected chi connectivity index (χ0v) is 17.3. The SMILES string of the molecule is CCn1c(C(=O)Nc2cccnc2)nc2c(NC3CCN(C(=O)C4CC4)C3)ncnc21. The Hall–Kier alpha value is -3.56. The lowest BCUT2D eigenvalue weighted by Gasteiger charge is -2.17. The lowest BCUT2D eigenvalue weighted by Crippen LogP contribution is -2.32. The predicted molar refractivity (Wildman–Crippen MR) is 115 cm³/mol. The second-order valence-corrected chi connectivity index (χ2v) is 7.96. The molecule has 0 aromatic carbocycles. The van der Waals surface area contributed by atoms with Crippen LogP contribution in [0.4, 0.5) is 11.5 Å². The summed E-state index contributed by atoms with van der Waals surface area (Å²) in [5.41, 5.74) is 1.74. The van der Waals surface area contributed by atoms with E-state index >= 15 is 0 Å². The van der Waals surface area contributed by atoms with Crippen LogP contribution in [0.5, 0.6) is 0 Å². The second kappa shape index (κ2) is 7.93. The summed E-state index contributed by atoms with van der Waals surface area (Å²) in [6, 6.07) is 3.62. The van der Waals surface area contributed by atoms with Crippen LogP contribution in [0.2, 0.25) is 0 Å². The van der Waals surface area contributed by atoms with Gasteiger partial charge in [-0.25, -0.2) is 15.0 Å². The normalized spacial score (nSPS) is 18.4. The minimum atomic E-state index is -0.333. The van der Waals surface area contributed by atoms with Gasteiger partial charge in [-0.2, -0.15) is 0 Å². The van der Waals surface area contributed by atoms with Gasteiger partial charge in [0.1, 0.15) is 6.33 Å². The Morgan fingerprint density at radius 3 is 2.84 bits per heavy atom. The number of hydrogen-bond donors (Lipinski definition) is 2. The molecule has 1 saturated heterocycles. The van der Waals surface area contributed by atoms with Crippen LogP contribution in [-0.4, -0.2) is 60.3 Å². The molecule has 1 atom stereocenters. The molecule has 1 aliphatic carbocycles.